The number of allylic oxidation sites excluding steroid dienone is 2. The Hall–Kier alpha value is -1.32. The quantitative estimate of drug-likeness (QED) is 0.678. The highest BCUT2D eigenvalue weighted by atomic mass is 16.1. The molecule has 12 heavy (non-hydrogen) atoms. The van der Waals surface area contributed by atoms with Gasteiger partial charge in [0.1, 0.15) is 6.33 Å². The molecule has 0 aliphatic carbocycles. The molecule has 1 N–H and O–H groups in total. The van der Waals surface area contributed by atoms with Crippen LogP contribution in [0.2, 0.25) is 0 Å². The van der Waals surface area contributed by atoms with Crippen LogP contribution in [0.25, 0.3) is 0 Å². The number of aryl methyl sites for hydroxylation is 1. The van der Waals surface area contributed by atoms with Crippen molar-refractivity contribution >= 4 is 0 Å². The predicted molar refractivity (Wildman–Crippen MR) is 46.9 cm³/mol. The van der Waals surface area contributed by atoms with E-state index >= 15 is 0 Å². The van der Waals surface area contributed by atoms with Crippen LogP contribution in [0, 0.1) is 0 Å². The maximum Gasteiger partial charge on any atom is 0.343 e. The molecule has 66 valence electrons. The summed E-state index contributed by atoms with van der Waals surface area (Å²) < 4.78 is 1.42. The van der Waals surface area contributed by atoms with Crippen LogP contribution in [0.5, 0.6) is 0 Å². The molecule has 0 unspecified atom stereocenters. The fourth-order valence-corrected chi connectivity index (χ4v) is 0.921. The first-order chi connectivity index (χ1) is 5.84. The molecule has 1 aromatic rings. The maximum absolute atomic E-state index is 10.9. The lowest BCUT2D eigenvalue weighted by molar-refractivity contribution is 0.600. The molecule has 0 fully saturated rings. The van der Waals surface area contributed by atoms with Crippen molar-refractivity contribution in [3.63, 3.8) is 0 Å². The third-order valence-corrected chi connectivity index (χ3v) is 1.53. The maximum atomic E-state index is 10.9. The first-order valence-electron chi connectivity index (χ1n) is 4.10. The molecule has 0 saturated carbocycles. The van der Waals surface area contributed by atoms with E-state index < -0.39 is 0 Å². The van der Waals surface area contributed by atoms with Crippen molar-refractivity contribution in [2.45, 2.75) is 26.3 Å². The molecule has 4 heteroatoms. The minimum atomic E-state index is -0.139. The van der Waals surface area contributed by atoms with Gasteiger partial charge in [-0.2, -0.15) is 5.10 Å². The Morgan fingerprint density at radius 2 is 2.50 bits per heavy atom. The van der Waals surface area contributed by atoms with Crippen LogP contribution in [-0.4, -0.2) is 14.8 Å². The molecule has 0 saturated heterocycles. The summed E-state index contributed by atoms with van der Waals surface area (Å²) in [5, 5.41) is 3.83. The highest BCUT2D eigenvalue weighted by Crippen LogP contribution is 1.87. The average Bonchev–Trinajstić information content (AvgIpc) is 2.46. The van der Waals surface area contributed by atoms with E-state index in [4.69, 9.17) is 0 Å². The summed E-state index contributed by atoms with van der Waals surface area (Å²) in [6.07, 6.45) is 7.44. The third-order valence-electron chi connectivity index (χ3n) is 1.53. The van der Waals surface area contributed by atoms with E-state index in [1.54, 1.807) is 0 Å². The second-order valence-corrected chi connectivity index (χ2v) is 2.49. The summed E-state index contributed by atoms with van der Waals surface area (Å²) in [6, 6.07) is 0. The Balaban J connectivity index is 2.38. The number of hydrogen-bond donors (Lipinski definition) is 1. The molecule has 0 spiro atoms. The molecule has 0 aliphatic rings. The van der Waals surface area contributed by atoms with Crippen LogP contribution < -0.4 is 5.69 Å². The van der Waals surface area contributed by atoms with Crippen molar-refractivity contribution in [3.8, 4) is 0 Å². The summed E-state index contributed by atoms with van der Waals surface area (Å²) in [5.41, 5.74) is -0.139. The lowest BCUT2D eigenvalue weighted by Gasteiger charge is -1.92. The molecule has 1 rings (SSSR count). The van der Waals surface area contributed by atoms with Crippen LogP contribution in [0.3, 0.4) is 0 Å². The van der Waals surface area contributed by atoms with Gasteiger partial charge in [-0.3, -0.25) is 4.98 Å². The van der Waals surface area contributed by atoms with Crippen LogP contribution >= 0.6 is 0 Å². The van der Waals surface area contributed by atoms with Gasteiger partial charge in [0.2, 0.25) is 0 Å². The van der Waals surface area contributed by atoms with Crippen LogP contribution in [0.1, 0.15) is 19.8 Å². The number of nitrogens with one attached hydrogen (secondary N) is 1. The molecule has 0 atom stereocenters. The van der Waals surface area contributed by atoms with E-state index in [1.807, 2.05) is 0 Å². The topological polar surface area (TPSA) is 50.7 Å². The molecule has 1 aromatic heterocycles. The van der Waals surface area contributed by atoms with Gasteiger partial charge >= 0.3 is 5.69 Å². The Labute approximate surface area is 70.9 Å². The van der Waals surface area contributed by atoms with Gasteiger partial charge in [0, 0.05) is 6.54 Å². The number of aromatic nitrogens is 3. The first kappa shape index (κ1) is 8.77. The SMILES string of the molecule is CC/C=C/CCn1nc[nH]c1=O. The molecule has 0 amide bonds. The summed E-state index contributed by atoms with van der Waals surface area (Å²) in [4.78, 5) is 13.4. The number of nitrogens with zero attached hydrogens (tertiary/aromatic N) is 2. The number of H-pyrrole nitrogens is 1. The van der Waals surface area contributed by atoms with Gasteiger partial charge in [-0.15, -0.1) is 0 Å². The largest absolute Gasteiger partial charge is 0.343 e. The second-order valence-electron chi connectivity index (χ2n) is 2.49. The number of hydrogen-bond acceptors (Lipinski definition) is 2. The van der Waals surface area contributed by atoms with Gasteiger partial charge in [0.15, 0.2) is 0 Å². The molecule has 0 aromatic carbocycles. The standard InChI is InChI=1S/C8H13N3O/c1-2-3-4-5-6-11-8(12)9-7-10-11/h3-4,7H,2,5-6H2,1H3,(H,9,10,12)/b4-3+. The minimum Gasteiger partial charge on any atom is -0.295 e. The van der Waals surface area contributed by atoms with Crippen molar-refractivity contribution in [2.24, 2.45) is 0 Å². The summed E-state index contributed by atoms with van der Waals surface area (Å²) in [6.45, 7) is 2.73. The van der Waals surface area contributed by atoms with E-state index in [-0.39, 0.29) is 5.69 Å². The second kappa shape index (κ2) is 4.54. The summed E-state index contributed by atoms with van der Waals surface area (Å²) in [7, 11) is 0. The molecule has 4 nitrogen and oxygen atoms in total. The zero-order chi connectivity index (χ0) is 8.81. The van der Waals surface area contributed by atoms with E-state index in [9.17, 15) is 4.79 Å². The lowest BCUT2D eigenvalue weighted by Crippen LogP contribution is -2.17. The third kappa shape index (κ3) is 2.38. The van der Waals surface area contributed by atoms with Crippen LogP contribution in [-0.2, 0) is 6.54 Å². The van der Waals surface area contributed by atoms with Gasteiger partial charge in [0.05, 0.1) is 0 Å². The van der Waals surface area contributed by atoms with Gasteiger partial charge in [-0.25, -0.2) is 9.48 Å². The summed E-state index contributed by atoms with van der Waals surface area (Å²) in [5.74, 6) is 0. The smallest absolute Gasteiger partial charge is 0.295 e. The zero-order valence-corrected chi connectivity index (χ0v) is 7.16. The molecule has 1 heterocycles. The highest BCUT2D eigenvalue weighted by Gasteiger charge is 1.93. The van der Waals surface area contributed by atoms with Crippen molar-refractivity contribution in [1.82, 2.24) is 14.8 Å². The van der Waals surface area contributed by atoms with Gasteiger partial charge in [0.25, 0.3) is 0 Å². The monoisotopic (exact) mass is 167 g/mol. The molecular formula is C8H13N3O. The zero-order valence-electron chi connectivity index (χ0n) is 7.16. The van der Waals surface area contributed by atoms with Crippen LogP contribution in [0.4, 0.5) is 0 Å². The predicted octanol–water partition coefficient (Wildman–Crippen LogP) is 0.928. The van der Waals surface area contributed by atoms with Crippen molar-refractivity contribution < 1.29 is 0 Å². The normalized spacial score (nSPS) is 11.1. The molecule has 0 bridgehead atoms. The minimum absolute atomic E-state index is 0.139. The number of aromatic amines is 1. The first-order valence-corrected chi connectivity index (χ1v) is 4.10. The van der Waals surface area contributed by atoms with Gasteiger partial charge < -0.3 is 0 Å². The highest BCUT2D eigenvalue weighted by molar-refractivity contribution is 4.79. The van der Waals surface area contributed by atoms with Crippen LogP contribution in [0.15, 0.2) is 23.3 Å². The average molecular weight is 167 g/mol. The Bertz CT molecular complexity index is 297. The molecule has 0 radical (unpaired) electrons. The van der Waals surface area contributed by atoms with Gasteiger partial charge in [-0.1, -0.05) is 19.1 Å². The van der Waals surface area contributed by atoms with Crippen molar-refractivity contribution in [3.05, 3.63) is 29.0 Å². The lowest BCUT2D eigenvalue weighted by atomic mass is 10.3. The van der Waals surface area contributed by atoms with Crippen molar-refractivity contribution in [1.29, 1.82) is 0 Å². The fraction of sp³-hybridized carbons (Fsp3) is 0.500. The Kier molecular flexibility index (Phi) is 3.32. The Morgan fingerprint density at radius 1 is 1.67 bits per heavy atom. The van der Waals surface area contributed by atoms with E-state index in [0.717, 1.165) is 12.8 Å². The Morgan fingerprint density at radius 3 is 3.08 bits per heavy atom. The molecular weight excluding hydrogens is 154 g/mol. The summed E-state index contributed by atoms with van der Waals surface area (Å²) >= 11 is 0. The van der Waals surface area contributed by atoms with E-state index in [1.165, 1.54) is 11.0 Å². The van der Waals surface area contributed by atoms with E-state index in [0.29, 0.717) is 6.54 Å². The van der Waals surface area contributed by atoms with Crippen molar-refractivity contribution in [2.75, 3.05) is 0 Å². The van der Waals surface area contributed by atoms with E-state index in [2.05, 4.69) is 29.2 Å². The van der Waals surface area contributed by atoms with Gasteiger partial charge in [-0.05, 0) is 12.8 Å². The number of rotatable bonds is 4. The molecule has 0 aliphatic heterocycles. The fourth-order valence-electron chi connectivity index (χ4n) is 0.921.